The van der Waals surface area contributed by atoms with Gasteiger partial charge in [-0.25, -0.2) is 17.5 Å². The summed E-state index contributed by atoms with van der Waals surface area (Å²) in [6.07, 6.45) is 0. The van der Waals surface area contributed by atoms with Gasteiger partial charge in [0.1, 0.15) is 5.82 Å². The van der Waals surface area contributed by atoms with E-state index in [2.05, 4.69) is 10.0 Å². The number of halogens is 1. The molecular formula is C13H21FN2O2S. The predicted molar refractivity (Wildman–Crippen MR) is 75.0 cm³/mol. The summed E-state index contributed by atoms with van der Waals surface area (Å²) in [5.41, 5.74) is 1.81. The van der Waals surface area contributed by atoms with Gasteiger partial charge < -0.3 is 5.32 Å². The lowest BCUT2D eigenvalue weighted by Crippen LogP contribution is -2.37. The maximum atomic E-state index is 13.5. The number of rotatable bonds is 6. The van der Waals surface area contributed by atoms with Gasteiger partial charge in [-0.1, -0.05) is 12.1 Å². The first-order valence-electron chi connectivity index (χ1n) is 6.16. The van der Waals surface area contributed by atoms with Gasteiger partial charge in [0, 0.05) is 13.1 Å². The molecule has 0 saturated heterocycles. The molecule has 6 heteroatoms. The van der Waals surface area contributed by atoms with Crippen LogP contribution in [0.3, 0.4) is 0 Å². The number of benzene rings is 1. The van der Waals surface area contributed by atoms with Crippen molar-refractivity contribution in [2.45, 2.75) is 32.6 Å². The van der Waals surface area contributed by atoms with E-state index in [9.17, 15) is 12.8 Å². The third-order valence-electron chi connectivity index (χ3n) is 3.00. The lowest BCUT2D eigenvalue weighted by atomic mass is 10.1. The Morgan fingerprint density at radius 3 is 2.26 bits per heavy atom. The minimum Gasteiger partial charge on any atom is -0.318 e. The second-order valence-corrected chi connectivity index (χ2v) is 6.96. The summed E-state index contributed by atoms with van der Waals surface area (Å²) in [6.45, 7) is 5.54. The molecule has 0 fully saturated rings. The first-order chi connectivity index (χ1) is 8.77. The highest BCUT2D eigenvalue weighted by molar-refractivity contribution is 7.90. The molecule has 1 unspecified atom stereocenters. The number of nitrogens with one attached hydrogen (secondary N) is 2. The van der Waals surface area contributed by atoms with E-state index in [0.29, 0.717) is 17.7 Å². The average molecular weight is 288 g/mol. The Balaban J connectivity index is 2.77. The van der Waals surface area contributed by atoms with Gasteiger partial charge in [0.2, 0.25) is 10.0 Å². The molecule has 1 atom stereocenters. The Morgan fingerprint density at radius 1 is 1.26 bits per heavy atom. The van der Waals surface area contributed by atoms with Crippen molar-refractivity contribution in [3.05, 3.63) is 34.6 Å². The highest BCUT2D eigenvalue weighted by Crippen LogP contribution is 2.15. The van der Waals surface area contributed by atoms with Crippen LogP contribution in [0.4, 0.5) is 4.39 Å². The van der Waals surface area contributed by atoms with Crippen LogP contribution in [0.1, 0.15) is 23.6 Å². The molecule has 0 saturated carbocycles. The Morgan fingerprint density at radius 2 is 1.79 bits per heavy atom. The van der Waals surface area contributed by atoms with Gasteiger partial charge in [0.15, 0.2) is 0 Å². The van der Waals surface area contributed by atoms with Crippen LogP contribution in [0.5, 0.6) is 0 Å². The van der Waals surface area contributed by atoms with Crippen molar-refractivity contribution in [1.82, 2.24) is 10.0 Å². The maximum Gasteiger partial charge on any atom is 0.215 e. The zero-order valence-corrected chi connectivity index (χ0v) is 12.6. The van der Waals surface area contributed by atoms with Crippen LogP contribution in [-0.4, -0.2) is 27.3 Å². The van der Waals surface area contributed by atoms with Crippen molar-refractivity contribution in [1.29, 1.82) is 0 Å². The van der Waals surface area contributed by atoms with E-state index in [1.807, 2.05) is 0 Å². The Labute approximate surface area is 114 Å². The lowest BCUT2D eigenvalue weighted by Gasteiger charge is -2.14. The van der Waals surface area contributed by atoms with E-state index >= 15 is 0 Å². The minimum absolute atomic E-state index is 0.179. The molecule has 2 N–H and O–H groups in total. The van der Waals surface area contributed by atoms with E-state index in [0.717, 1.165) is 5.56 Å². The number of hydrogen-bond donors (Lipinski definition) is 2. The summed E-state index contributed by atoms with van der Waals surface area (Å²) in [5.74, 6) is -0.241. The molecule has 0 aliphatic carbocycles. The fourth-order valence-electron chi connectivity index (χ4n) is 1.86. The number of aryl methyl sites for hydroxylation is 2. The molecule has 0 aromatic heterocycles. The molecule has 0 bridgehead atoms. The SMILES string of the molecule is CNCC(C)S(=O)(=O)NCc1cc(C)c(F)c(C)c1. The standard InChI is InChI=1S/C13H21FN2O2S/c1-9-5-12(6-10(2)13(9)14)8-16-19(17,18)11(3)7-15-4/h5-6,11,15-16H,7-8H2,1-4H3. The van der Waals surface area contributed by atoms with Crippen LogP contribution in [0.15, 0.2) is 12.1 Å². The van der Waals surface area contributed by atoms with Gasteiger partial charge in [0.25, 0.3) is 0 Å². The first kappa shape index (κ1) is 16.1. The Hall–Kier alpha value is -0.980. The molecule has 108 valence electrons. The van der Waals surface area contributed by atoms with Crippen molar-refractivity contribution in [3.8, 4) is 0 Å². The van der Waals surface area contributed by atoms with Crippen molar-refractivity contribution >= 4 is 10.0 Å². The summed E-state index contributed by atoms with van der Waals surface area (Å²) >= 11 is 0. The monoisotopic (exact) mass is 288 g/mol. The minimum atomic E-state index is -3.36. The zero-order chi connectivity index (χ0) is 14.6. The lowest BCUT2D eigenvalue weighted by molar-refractivity contribution is 0.563. The third-order valence-corrected chi connectivity index (χ3v) is 4.77. The molecule has 0 amide bonds. The van der Waals surface area contributed by atoms with E-state index < -0.39 is 15.3 Å². The van der Waals surface area contributed by atoms with Gasteiger partial charge >= 0.3 is 0 Å². The van der Waals surface area contributed by atoms with Gasteiger partial charge in [-0.3, -0.25) is 0 Å². The second-order valence-electron chi connectivity index (χ2n) is 4.78. The molecule has 0 radical (unpaired) electrons. The van der Waals surface area contributed by atoms with Crippen LogP contribution in [0, 0.1) is 19.7 Å². The third kappa shape index (κ3) is 4.26. The zero-order valence-electron chi connectivity index (χ0n) is 11.7. The fraction of sp³-hybridized carbons (Fsp3) is 0.538. The molecule has 1 rings (SSSR count). The van der Waals surface area contributed by atoms with Crippen LogP contribution in [-0.2, 0) is 16.6 Å². The van der Waals surface area contributed by atoms with Crippen molar-refractivity contribution in [2.24, 2.45) is 0 Å². The van der Waals surface area contributed by atoms with Crippen molar-refractivity contribution < 1.29 is 12.8 Å². The number of sulfonamides is 1. The molecule has 0 aliphatic heterocycles. The molecule has 1 aromatic carbocycles. The van der Waals surface area contributed by atoms with E-state index in [1.165, 1.54) is 0 Å². The second kappa shape index (κ2) is 6.45. The topological polar surface area (TPSA) is 58.2 Å². The summed E-state index contributed by atoms with van der Waals surface area (Å²) in [4.78, 5) is 0. The molecule has 0 aliphatic rings. The van der Waals surface area contributed by atoms with E-state index in [4.69, 9.17) is 0 Å². The molecule has 0 spiro atoms. The van der Waals surface area contributed by atoms with E-state index in [-0.39, 0.29) is 12.4 Å². The van der Waals surface area contributed by atoms with Crippen LogP contribution in [0.25, 0.3) is 0 Å². The van der Waals surface area contributed by atoms with Gasteiger partial charge in [-0.05, 0) is 44.5 Å². The largest absolute Gasteiger partial charge is 0.318 e. The Bertz CT molecular complexity index is 521. The fourth-order valence-corrected chi connectivity index (χ4v) is 2.90. The molecule has 0 heterocycles. The van der Waals surface area contributed by atoms with Crippen LogP contribution >= 0.6 is 0 Å². The van der Waals surface area contributed by atoms with Gasteiger partial charge in [-0.15, -0.1) is 0 Å². The van der Waals surface area contributed by atoms with Crippen molar-refractivity contribution in [3.63, 3.8) is 0 Å². The predicted octanol–water partition coefficient (Wildman–Crippen LogP) is 1.47. The molecule has 19 heavy (non-hydrogen) atoms. The molecule has 4 nitrogen and oxygen atoms in total. The van der Waals surface area contributed by atoms with Gasteiger partial charge in [-0.2, -0.15) is 0 Å². The number of hydrogen-bond acceptors (Lipinski definition) is 3. The smallest absolute Gasteiger partial charge is 0.215 e. The van der Waals surface area contributed by atoms with Crippen LogP contribution < -0.4 is 10.0 Å². The molecule has 1 aromatic rings. The highest BCUT2D eigenvalue weighted by atomic mass is 32.2. The quantitative estimate of drug-likeness (QED) is 0.833. The summed E-state index contributed by atoms with van der Waals surface area (Å²) in [7, 11) is -1.66. The summed E-state index contributed by atoms with van der Waals surface area (Å²) < 4.78 is 39.8. The van der Waals surface area contributed by atoms with Gasteiger partial charge in [0.05, 0.1) is 5.25 Å². The molecular weight excluding hydrogens is 267 g/mol. The van der Waals surface area contributed by atoms with Crippen molar-refractivity contribution in [2.75, 3.05) is 13.6 Å². The highest BCUT2D eigenvalue weighted by Gasteiger charge is 2.19. The first-order valence-corrected chi connectivity index (χ1v) is 7.71. The normalized spacial score (nSPS) is 13.5. The maximum absolute atomic E-state index is 13.5. The summed E-state index contributed by atoms with van der Waals surface area (Å²) in [6, 6.07) is 3.32. The Kier molecular flexibility index (Phi) is 5.46. The average Bonchev–Trinajstić information content (AvgIpc) is 2.33. The summed E-state index contributed by atoms with van der Waals surface area (Å²) in [5, 5.41) is 2.31. The van der Waals surface area contributed by atoms with Crippen LogP contribution in [0.2, 0.25) is 0 Å². The van der Waals surface area contributed by atoms with E-state index in [1.54, 1.807) is 40.0 Å².